The summed E-state index contributed by atoms with van der Waals surface area (Å²) in [5, 5.41) is 2.23. The zero-order valence-electron chi connectivity index (χ0n) is 8.01. The molecule has 15 heavy (non-hydrogen) atoms. The van der Waals surface area contributed by atoms with Gasteiger partial charge in [0.15, 0.2) is 0 Å². The van der Waals surface area contributed by atoms with Crippen LogP contribution in [0.3, 0.4) is 0 Å². The summed E-state index contributed by atoms with van der Waals surface area (Å²) < 4.78 is 0. The lowest BCUT2D eigenvalue weighted by molar-refractivity contribution is 0.997. The van der Waals surface area contributed by atoms with Crippen LogP contribution in [0.4, 0.5) is 0 Å². The summed E-state index contributed by atoms with van der Waals surface area (Å²) in [4.78, 5) is 12.3. The van der Waals surface area contributed by atoms with E-state index in [-0.39, 0.29) is 0 Å². The molecular weight excluding hydrogens is 230 g/mol. The summed E-state index contributed by atoms with van der Waals surface area (Å²) in [6.45, 7) is 1.90. The van der Waals surface area contributed by atoms with E-state index in [1.807, 2.05) is 25.1 Å². The Morgan fingerprint density at radius 3 is 2.80 bits per heavy atom. The zero-order chi connectivity index (χ0) is 10.7. The smallest absolute Gasteiger partial charge is 0.136 e. The molecule has 2 aromatic rings. The SMILES string of the molecule is Cc1c(Cl)ncnc1Sc1ccccn1. The van der Waals surface area contributed by atoms with E-state index in [2.05, 4.69) is 15.0 Å². The Labute approximate surface area is 96.9 Å². The van der Waals surface area contributed by atoms with Crippen molar-refractivity contribution >= 4 is 23.4 Å². The number of hydrogen-bond donors (Lipinski definition) is 0. The number of pyridine rings is 1. The molecule has 0 amide bonds. The van der Waals surface area contributed by atoms with Crippen LogP contribution in [0.25, 0.3) is 0 Å². The van der Waals surface area contributed by atoms with Gasteiger partial charge in [-0.05, 0) is 30.8 Å². The molecule has 0 fully saturated rings. The molecule has 0 saturated heterocycles. The molecule has 0 aliphatic rings. The van der Waals surface area contributed by atoms with Crippen molar-refractivity contribution in [1.29, 1.82) is 0 Å². The van der Waals surface area contributed by atoms with Crippen LogP contribution in [-0.4, -0.2) is 15.0 Å². The Bertz CT molecular complexity index is 461. The van der Waals surface area contributed by atoms with E-state index in [1.54, 1.807) is 6.20 Å². The lowest BCUT2D eigenvalue weighted by atomic mass is 10.4. The second-order valence-corrected chi connectivity index (χ2v) is 4.23. The highest BCUT2D eigenvalue weighted by molar-refractivity contribution is 7.99. The minimum atomic E-state index is 0.489. The van der Waals surface area contributed by atoms with Gasteiger partial charge in [-0.3, -0.25) is 0 Å². The van der Waals surface area contributed by atoms with Crippen LogP contribution in [0.2, 0.25) is 5.15 Å². The van der Waals surface area contributed by atoms with Gasteiger partial charge in [0.2, 0.25) is 0 Å². The van der Waals surface area contributed by atoms with Crippen molar-refractivity contribution in [2.45, 2.75) is 17.0 Å². The molecule has 2 aromatic heterocycles. The third kappa shape index (κ3) is 2.46. The molecule has 5 heteroatoms. The van der Waals surface area contributed by atoms with E-state index in [9.17, 15) is 0 Å². The van der Waals surface area contributed by atoms with E-state index < -0.39 is 0 Å². The quantitative estimate of drug-likeness (QED) is 0.753. The summed E-state index contributed by atoms with van der Waals surface area (Å²) in [6, 6.07) is 5.75. The van der Waals surface area contributed by atoms with Gasteiger partial charge in [0.1, 0.15) is 21.5 Å². The molecule has 0 unspecified atom stereocenters. The van der Waals surface area contributed by atoms with Crippen molar-refractivity contribution in [3.63, 3.8) is 0 Å². The largest absolute Gasteiger partial charge is 0.250 e. The molecule has 2 rings (SSSR count). The topological polar surface area (TPSA) is 38.7 Å². The normalized spacial score (nSPS) is 10.3. The van der Waals surface area contributed by atoms with Crippen molar-refractivity contribution in [3.8, 4) is 0 Å². The number of halogens is 1. The van der Waals surface area contributed by atoms with Crippen molar-refractivity contribution < 1.29 is 0 Å². The average molecular weight is 238 g/mol. The molecule has 0 aliphatic heterocycles. The molecule has 0 radical (unpaired) electrons. The van der Waals surface area contributed by atoms with Gasteiger partial charge >= 0.3 is 0 Å². The van der Waals surface area contributed by atoms with E-state index >= 15 is 0 Å². The highest BCUT2D eigenvalue weighted by Gasteiger charge is 2.06. The number of aromatic nitrogens is 3. The van der Waals surface area contributed by atoms with Gasteiger partial charge in [0.05, 0.1) is 0 Å². The first-order chi connectivity index (χ1) is 7.27. The average Bonchev–Trinajstić information content (AvgIpc) is 2.26. The molecule has 76 valence electrons. The second kappa shape index (κ2) is 4.59. The fraction of sp³-hybridized carbons (Fsp3) is 0.100. The summed E-state index contributed by atoms with van der Waals surface area (Å²) in [6.07, 6.45) is 3.21. The van der Waals surface area contributed by atoms with Gasteiger partial charge in [-0.2, -0.15) is 0 Å². The van der Waals surface area contributed by atoms with Crippen LogP contribution in [-0.2, 0) is 0 Å². The van der Waals surface area contributed by atoms with Gasteiger partial charge in [-0.15, -0.1) is 0 Å². The van der Waals surface area contributed by atoms with Gasteiger partial charge < -0.3 is 0 Å². The van der Waals surface area contributed by atoms with Crippen molar-refractivity contribution in [1.82, 2.24) is 15.0 Å². The van der Waals surface area contributed by atoms with Crippen molar-refractivity contribution in [3.05, 3.63) is 41.4 Å². The number of rotatable bonds is 2. The van der Waals surface area contributed by atoms with Gasteiger partial charge in [0, 0.05) is 11.8 Å². The summed E-state index contributed by atoms with van der Waals surface area (Å²) in [7, 11) is 0. The number of nitrogens with zero attached hydrogens (tertiary/aromatic N) is 3. The third-order valence-corrected chi connectivity index (χ3v) is 3.25. The highest BCUT2D eigenvalue weighted by atomic mass is 35.5. The predicted octanol–water partition coefficient (Wildman–Crippen LogP) is 2.98. The highest BCUT2D eigenvalue weighted by Crippen LogP contribution is 2.28. The van der Waals surface area contributed by atoms with Gasteiger partial charge in [0.25, 0.3) is 0 Å². The van der Waals surface area contributed by atoms with E-state index in [1.165, 1.54) is 18.1 Å². The fourth-order valence-electron chi connectivity index (χ4n) is 1.02. The van der Waals surface area contributed by atoms with Crippen LogP contribution in [0, 0.1) is 6.92 Å². The standard InChI is InChI=1S/C10H8ClN3S/c1-7-9(11)13-6-14-10(7)15-8-4-2-3-5-12-8/h2-6H,1H3. The van der Waals surface area contributed by atoms with Crippen LogP contribution in [0.15, 0.2) is 40.8 Å². The Balaban J connectivity index is 2.29. The predicted molar refractivity (Wildman–Crippen MR) is 60.1 cm³/mol. The third-order valence-electron chi connectivity index (χ3n) is 1.82. The molecule has 0 aliphatic carbocycles. The van der Waals surface area contributed by atoms with E-state index in [0.717, 1.165) is 15.6 Å². The van der Waals surface area contributed by atoms with Crippen LogP contribution >= 0.6 is 23.4 Å². The molecule has 0 saturated carbocycles. The molecule has 0 N–H and O–H groups in total. The van der Waals surface area contributed by atoms with Crippen LogP contribution < -0.4 is 0 Å². The minimum Gasteiger partial charge on any atom is -0.250 e. The summed E-state index contributed by atoms with van der Waals surface area (Å²) in [5.41, 5.74) is 0.884. The molecule has 0 aromatic carbocycles. The van der Waals surface area contributed by atoms with Crippen molar-refractivity contribution in [2.75, 3.05) is 0 Å². The lowest BCUT2D eigenvalue weighted by Crippen LogP contribution is -1.90. The Kier molecular flexibility index (Phi) is 3.18. The maximum absolute atomic E-state index is 5.90. The fourth-order valence-corrected chi connectivity index (χ4v) is 2.02. The molecule has 0 atom stereocenters. The first-order valence-corrected chi connectivity index (χ1v) is 5.53. The molecule has 3 nitrogen and oxygen atoms in total. The van der Waals surface area contributed by atoms with Gasteiger partial charge in [-0.25, -0.2) is 15.0 Å². The molecular formula is C10H8ClN3S. The number of hydrogen-bond acceptors (Lipinski definition) is 4. The van der Waals surface area contributed by atoms with E-state index in [4.69, 9.17) is 11.6 Å². The second-order valence-electron chi connectivity index (χ2n) is 2.86. The van der Waals surface area contributed by atoms with Crippen molar-refractivity contribution in [2.24, 2.45) is 0 Å². The Hall–Kier alpha value is -1.13. The first-order valence-electron chi connectivity index (χ1n) is 4.33. The zero-order valence-corrected chi connectivity index (χ0v) is 9.59. The summed E-state index contributed by atoms with van der Waals surface area (Å²) >= 11 is 7.38. The molecule has 0 bridgehead atoms. The summed E-state index contributed by atoms with van der Waals surface area (Å²) in [5.74, 6) is 0. The Morgan fingerprint density at radius 1 is 1.20 bits per heavy atom. The molecule has 0 spiro atoms. The molecule has 2 heterocycles. The first kappa shape index (κ1) is 10.4. The monoisotopic (exact) mass is 237 g/mol. The maximum atomic E-state index is 5.90. The minimum absolute atomic E-state index is 0.489. The van der Waals surface area contributed by atoms with Crippen LogP contribution in [0.5, 0.6) is 0 Å². The van der Waals surface area contributed by atoms with Crippen LogP contribution in [0.1, 0.15) is 5.56 Å². The van der Waals surface area contributed by atoms with E-state index in [0.29, 0.717) is 5.15 Å². The van der Waals surface area contributed by atoms with Gasteiger partial charge in [-0.1, -0.05) is 17.7 Å². The Morgan fingerprint density at radius 2 is 2.07 bits per heavy atom. The lowest BCUT2D eigenvalue weighted by Gasteiger charge is -2.03. The maximum Gasteiger partial charge on any atom is 0.136 e.